The molecule has 0 aromatic heterocycles. The van der Waals surface area contributed by atoms with Gasteiger partial charge in [0.2, 0.25) is 0 Å². The molecular weight excluding hydrogens is 252 g/mol. The zero-order valence-electron chi connectivity index (χ0n) is 10.9. The van der Waals surface area contributed by atoms with Gasteiger partial charge >= 0.3 is 0 Å². The Labute approximate surface area is 109 Å². The van der Waals surface area contributed by atoms with E-state index in [0.717, 1.165) is 30.4 Å². The minimum absolute atomic E-state index is 0.221. The van der Waals surface area contributed by atoms with E-state index < -0.39 is 10.1 Å². The molecule has 0 radical (unpaired) electrons. The molecule has 0 fully saturated rings. The van der Waals surface area contributed by atoms with E-state index in [1.54, 1.807) is 0 Å². The molecule has 0 saturated heterocycles. The Morgan fingerprint density at radius 2 is 2.00 bits per heavy atom. The molecule has 1 aromatic carbocycles. The van der Waals surface area contributed by atoms with E-state index in [-0.39, 0.29) is 6.61 Å². The summed E-state index contributed by atoms with van der Waals surface area (Å²) in [6.07, 6.45) is 3.49. The van der Waals surface area contributed by atoms with Gasteiger partial charge in [0.25, 0.3) is 10.1 Å². The predicted octanol–water partition coefficient (Wildman–Crippen LogP) is 2.38. The molecule has 102 valence electrons. The van der Waals surface area contributed by atoms with Crippen LogP contribution in [0, 0.1) is 0 Å². The molecule has 0 aliphatic heterocycles. The SMILES string of the molecule is CCCOc1cccc(CCCOS(C)(=O)=O)c1. The Kier molecular flexibility index (Phi) is 6.15. The molecule has 0 atom stereocenters. The fourth-order valence-corrected chi connectivity index (χ4v) is 1.92. The third-order valence-electron chi connectivity index (χ3n) is 2.28. The highest BCUT2D eigenvalue weighted by atomic mass is 32.2. The van der Waals surface area contributed by atoms with Gasteiger partial charge in [0.1, 0.15) is 5.75 Å². The van der Waals surface area contributed by atoms with Crippen molar-refractivity contribution in [1.82, 2.24) is 0 Å². The van der Waals surface area contributed by atoms with Crippen LogP contribution in [0.5, 0.6) is 5.75 Å². The topological polar surface area (TPSA) is 52.6 Å². The lowest BCUT2D eigenvalue weighted by atomic mass is 10.1. The number of hydrogen-bond donors (Lipinski definition) is 0. The largest absolute Gasteiger partial charge is 0.494 e. The number of rotatable bonds is 8. The minimum atomic E-state index is -3.32. The van der Waals surface area contributed by atoms with Crippen LogP contribution < -0.4 is 4.74 Å². The van der Waals surface area contributed by atoms with Gasteiger partial charge in [-0.15, -0.1) is 0 Å². The first-order valence-corrected chi connectivity index (χ1v) is 7.89. The van der Waals surface area contributed by atoms with E-state index in [1.807, 2.05) is 24.3 Å². The maximum Gasteiger partial charge on any atom is 0.264 e. The van der Waals surface area contributed by atoms with E-state index in [1.165, 1.54) is 0 Å². The second kappa shape index (κ2) is 7.38. The highest BCUT2D eigenvalue weighted by Crippen LogP contribution is 2.15. The van der Waals surface area contributed by atoms with Crippen molar-refractivity contribution in [2.75, 3.05) is 19.5 Å². The number of benzene rings is 1. The van der Waals surface area contributed by atoms with Gasteiger partial charge in [-0.25, -0.2) is 0 Å². The summed E-state index contributed by atoms with van der Waals surface area (Å²) in [5.41, 5.74) is 1.13. The molecule has 18 heavy (non-hydrogen) atoms. The monoisotopic (exact) mass is 272 g/mol. The molecule has 0 spiro atoms. The maximum atomic E-state index is 10.8. The van der Waals surface area contributed by atoms with Crippen LogP contribution in [-0.2, 0) is 20.7 Å². The molecule has 0 unspecified atom stereocenters. The van der Waals surface area contributed by atoms with Gasteiger partial charge in [-0.05, 0) is 37.0 Å². The predicted molar refractivity (Wildman–Crippen MR) is 71.3 cm³/mol. The molecule has 0 aliphatic rings. The molecular formula is C13H20O4S. The van der Waals surface area contributed by atoms with Gasteiger partial charge in [0.15, 0.2) is 0 Å². The van der Waals surface area contributed by atoms with Crippen LogP contribution in [0.3, 0.4) is 0 Å². The molecule has 0 N–H and O–H groups in total. The summed E-state index contributed by atoms with van der Waals surface area (Å²) in [5.74, 6) is 0.860. The summed E-state index contributed by atoms with van der Waals surface area (Å²) >= 11 is 0. The normalized spacial score (nSPS) is 11.4. The van der Waals surface area contributed by atoms with Crippen LogP contribution >= 0.6 is 0 Å². The van der Waals surface area contributed by atoms with Crippen molar-refractivity contribution >= 4 is 10.1 Å². The molecule has 0 saturated carbocycles. The Bertz CT molecular complexity index is 454. The Morgan fingerprint density at radius 1 is 1.22 bits per heavy atom. The Hall–Kier alpha value is -1.07. The van der Waals surface area contributed by atoms with E-state index in [9.17, 15) is 8.42 Å². The second-order valence-corrected chi connectivity index (χ2v) is 5.77. The molecule has 4 nitrogen and oxygen atoms in total. The smallest absolute Gasteiger partial charge is 0.264 e. The van der Waals surface area contributed by atoms with Gasteiger partial charge in [0.05, 0.1) is 19.5 Å². The van der Waals surface area contributed by atoms with Gasteiger partial charge < -0.3 is 4.74 Å². The molecule has 0 amide bonds. The van der Waals surface area contributed by atoms with Crippen LogP contribution in [0.25, 0.3) is 0 Å². The third kappa shape index (κ3) is 6.61. The summed E-state index contributed by atoms with van der Waals surface area (Å²) < 4.78 is 31.8. The lowest BCUT2D eigenvalue weighted by molar-refractivity contribution is 0.313. The standard InChI is InChI=1S/C13H20O4S/c1-3-9-16-13-8-4-6-12(11-13)7-5-10-17-18(2,14)15/h4,6,8,11H,3,5,7,9-10H2,1-2H3. The van der Waals surface area contributed by atoms with Crippen molar-refractivity contribution in [1.29, 1.82) is 0 Å². The van der Waals surface area contributed by atoms with Gasteiger partial charge in [-0.1, -0.05) is 19.1 Å². The fourth-order valence-electron chi connectivity index (χ4n) is 1.50. The molecule has 1 rings (SSSR count). The lowest BCUT2D eigenvalue weighted by Gasteiger charge is -2.07. The number of ether oxygens (including phenoxy) is 1. The highest BCUT2D eigenvalue weighted by Gasteiger charge is 2.02. The quantitative estimate of drug-likeness (QED) is 0.538. The Morgan fingerprint density at radius 3 is 2.67 bits per heavy atom. The van der Waals surface area contributed by atoms with Crippen molar-refractivity contribution in [2.45, 2.75) is 26.2 Å². The summed E-state index contributed by atoms with van der Waals surface area (Å²) in [7, 11) is -3.32. The fraction of sp³-hybridized carbons (Fsp3) is 0.538. The summed E-state index contributed by atoms with van der Waals surface area (Å²) in [6, 6.07) is 7.85. The van der Waals surface area contributed by atoms with Crippen LogP contribution in [0.2, 0.25) is 0 Å². The molecule has 1 aromatic rings. The van der Waals surface area contributed by atoms with E-state index in [0.29, 0.717) is 13.0 Å². The van der Waals surface area contributed by atoms with Crippen molar-refractivity contribution < 1.29 is 17.3 Å². The molecule has 0 aliphatic carbocycles. The third-order valence-corrected chi connectivity index (χ3v) is 2.87. The number of aryl methyl sites for hydroxylation is 1. The summed E-state index contributed by atoms with van der Waals surface area (Å²) in [4.78, 5) is 0. The zero-order valence-corrected chi connectivity index (χ0v) is 11.7. The average Bonchev–Trinajstić information content (AvgIpc) is 2.31. The number of hydrogen-bond acceptors (Lipinski definition) is 4. The van der Waals surface area contributed by atoms with E-state index in [2.05, 4.69) is 11.1 Å². The van der Waals surface area contributed by atoms with Gasteiger partial charge in [0, 0.05) is 0 Å². The molecule has 0 bridgehead atoms. The van der Waals surface area contributed by atoms with Crippen molar-refractivity contribution in [3.05, 3.63) is 29.8 Å². The van der Waals surface area contributed by atoms with Crippen molar-refractivity contribution in [3.63, 3.8) is 0 Å². The van der Waals surface area contributed by atoms with Crippen molar-refractivity contribution in [3.8, 4) is 5.75 Å². The van der Waals surface area contributed by atoms with Gasteiger partial charge in [-0.3, -0.25) is 4.18 Å². The first-order valence-electron chi connectivity index (χ1n) is 6.07. The molecule has 5 heteroatoms. The Balaban J connectivity index is 2.38. The zero-order chi connectivity index (χ0) is 13.4. The van der Waals surface area contributed by atoms with Crippen LogP contribution in [0.15, 0.2) is 24.3 Å². The lowest BCUT2D eigenvalue weighted by Crippen LogP contribution is -2.05. The highest BCUT2D eigenvalue weighted by molar-refractivity contribution is 7.85. The van der Waals surface area contributed by atoms with Crippen molar-refractivity contribution in [2.24, 2.45) is 0 Å². The first kappa shape index (κ1) is 15.0. The second-order valence-electron chi connectivity index (χ2n) is 4.13. The first-order chi connectivity index (χ1) is 8.51. The van der Waals surface area contributed by atoms with Crippen LogP contribution in [0.4, 0.5) is 0 Å². The van der Waals surface area contributed by atoms with Crippen LogP contribution in [0.1, 0.15) is 25.3 Å². The van der Waals surface area contributed by atoms with E-state index >= 15 is 0 Å². The maximum absolute atomic E-state index is 10.8. The summed E-state index contributed by atoms with van der Waals surface area (Å²) in [5, 5.41) is 0. The molecule has 0 heterocycles. The van der Waals surface area contributed by atoms with E-state index in [4.69, 9.17) is 4.74 Å². The minimum Gasteiger partial charge on any atom is -0.494 e. The summed E-state index contributed by atoms with van der Waals surface area (Å²) in [6.45, 7) is 2.99. The van der Waals surface area contributed by atoms with Crippen LogP contribution in [-0.4, -0.2) is 27.9 Å². The average molecular weight is 272 g/mol. The van der Waals surface area contributed by atoms with Gasteiger partial charge in [-0.2, -0.15) is 8.42 Å².